The van der Waals surface area contributed by atoms with E-state index in [4.69, 9.17) is 0 Å². The lowest BCUT2D eigenvalue weighted by Crippen LogP contribution is -2.50. The maximum Gasteiger partial charge on any atom is 0.407 e. The summed E-state index contributed by atoms with van der Waals surface area (Å²) in [4.78, 5) is 21.5. The standard InChI is InChI=1S/C12H14N2O4/c1-18-11(15)13-12(7-2-8-12)9-3-5-10(6-4-9)14(16)17/h3-6H,2,7-8H2,1H3,(H,13,15). The van der Waals surface area contributed by atoms with E-state index in [0.29, 0.717) is 0 Å². The number of hydrogen-bond donors (Lipinski definition) is 1. The normalized spacial score (nSPS) is 16.5. The molecule has 6 nitrogen and oxygen atoms in total. The molecular weight excluding hydrogens is 236 g/mol. The van der Waals surface area contributed by atoms with Gasteiger partial charge in [0.25, 0.3) is 5.69 Å². The average Bonchev–Trinajstić information content (AvgIpc) is 2.33. The zero-order valence-electron chi connectivity index (χ0n) is 10.0. The molecule has 1 aliphatic carbocycles. The third kappa shape index (κ3) is 2.13. The van der Waals surface area contributed by atoms with Crippen LogP contribution in [0, 0.1) is 10.1 Å². The summed E-state index contributed by atoms with van der Waals surface area (Å²) in [5.41, 5.74) is 0.499. The Hall–Kier alpha value is -2.11. The molecule has 1 aromatic carbocycles. The second kappa shape index (κ2) is 4.64. The monoisotopic (exact) mass is 250 g/mol. The number of carbonyl (C=O) groups is 1. The molecule has 1 N–H and O–H groups in total. The number of amides is 1. The summed E-state index contributed by atoms with van der Waals surface area (Å²) in [6.07, 6.45) is 2.17. The van der Waals surface area contributed by atoms with Crippen LogP contribution in [-0.4, -0.2) is 18.1 Å². The second-order valence-electron chi connectivity index (χ2n) is 4.36. The van der Waals surface area contributed by atoms with E-state index in [-0.39, 0.29) is 5.69 Å². The highest BCUT2D eigenvalue weighted by Crippen LogP contribution is 2.41. The molecule has 2 rings (SSSR count). The fraction of sp³-hybridized carbons (Fsp3) is 0.417. The first kappa shape index (κ1) is 12.3. The zero-order chi connectivity index (χ0) is 13.2. The van der Waals surface area contributed by atoms with Crippen molar-refractivity contribution in [1.82, 2.24) is 5.32 Å². The smallest absolute Gasteiger partial charge is 0.407 e. The largest absolute Gasteiger partial charge is 0.453 e. The van der Waals surface area contributed by atoms with Crippen molar-refractivity contribution in [3.63, 3.8) is 0 Å². The number of nitro groups is 1. The number of methoxy groups -OCH3 is 1. The van der Waals surface area contributed by atoms with Gasteiger partial charge >= 0.3 is 6.09 Å². The van der Waals surface area contributed by atoms with Crippen molar-refractivity contribution in [2.45, 2.75) is 24.8 Å². The minimum absolute atomic E-state index is 0.0475. The first-order chi connectivity index (χ1) is 8.57. The van der Waals surface area contributed by atoms with Crippen LogP contribution in [0.2, 0.25) is 0 Å². The molecule has 1 aliphatic rings. The number of alkyl carbamates (subject to hydrolysis) is 1. The van der Waals surface area contributed by atoms with Gasteiger partial charge in [0.15, 0.2) is 0 Å². The molecule has 1 fully saturated rings. The van der Waals surface area contributed by atoms with E-state index < -0.39 is 16.6 Å². The molecule has 0 atom stereocenters. The molecule has 0 bridgehead atoms. The molecule has 0 heterocycles. The van der Waals surface area contributed by atoms with E-state index in [1.807, 2.05) is 0 Å². The van der Waals surface area contributed by atoms with Crippen LogP contribution in [0.3, 0.4) is 0 Å². The number of nitrogens with one attached hydrogen (secondary N) is 1. The fourth-order valence-electron chi connectivity index (χ4n) is 2.16. The lowest BCUT2D eigenvalue weighted by Gasteiger charge is -2.42. The van der Waals surface area contributed by atoms with E-state index in [9.17, 15) is 14.9 Å². The van der Waals surface area contributed by atoms with Crippen molar-refractivity contribution in [1.29, 1.82) is 0 Å². The van der Waals surface area contributed by atoms with Gasteiger partial charge in [-0.25, -0.2) is 4.79 Å². The Bertz CT molecular complexity index is 465. The number of carbonyl (C=O) groups excluding carboxylic acids is 1. The molecule has 0 unspecified atom stereocenters. The molecule has 18 heavy (non-hydrogen) atoms. The van der Waals surface area contributed by atoms with Crippen LogP contribution in [0.1, 0.15) is 24.8 Å². The molecule has 0 aliphatic heterocycles. The van der Waals surface area contributed by atoms with Gasteiger partial charge < -0.3 is 10.1 Å². The van der Waals surface area contributed by atoms with Gasteiger partial charge in [0.1, 0.15) is 0 Å². The van der Waals surface area contributed by atoms with Crippen LogP contribution in [0.4, 0.5) is 10.5 Å². The Morgan fingerprint density at radius 1 is 1.39 bits per heavy atom. The molecule has 6 heteroatoms. The van der Waals surface area contributed by atoms with Gasteiger partial charge in [-0.2, -0.15) is 0 Å². The quantitative estimate of drug-likeness (QED) is 0.659. The SMILES string of the molecule is COC(=O)NC1(c2ccc([N+](=O)[O-])cc2)CCC1. The van der Waals surface area contributed by atoms with Crippen molar-refractivity contribution in [3.05, 3.63) is 39.9 Å². The summed E-state index contributed by atoms with van der Waals surface area (Å²) in [6, 6.07) is 6.28. The van der Waals surface area contributed by atoms with Crippen LogP contribution >= 0.6 is 0 Å². The molecule has 0 radical (unpaired) electrons. The van der Waals surface area contributed by atoms with Gasteiger partial charge in [0.05, 0.1) is 17.6 Å². The van der Waals surface area contributed by atoms with E-state index >= 15 is 0 Å². The summed E-state index contributed by atoms with van der Waals surface area (Å²) >= 11 is 0. The van der Waals surface area contributed by atoms with Crippen molar-refractivity contribution in [2.75, 3.05) is 7.11 Å². The van der Waals surface area contributed by atoms with Crippen molar-refractivity contribution < 1.29 is 14.5 Å². The van der Waals surface area contributed by atoms with Gasteiger partial charge in [-0.05, 0) is 37.0 Å². The Balaban J connectivity index is 2.22. The number of nitrogens with zero attached hydrogens (tertiary/aromatic N) is 1. The van der Waals surface area contributed by atoms with Gasteiger partial charge in [-0.3, -0.25) is 10.1 Å². The molecule has 1 amide bonds. The number of non-ortho nitro benzene ring substituents is 1. The first-order valence-electron chi connectivity index (χ1n) is 5.68. The van der Waals surface area contributed by atoms with E-state index in [1.54, 1.807) is 12.1 Å². The van der Waals surface area contributed by atoms with E-state index in [1.165, 1.54) is 19.2 Å². The highest BCUT2D eigenvalue weighted by atomic mass is 16.6. The predicted molar refractivity (Wildman–Crippen MR) is 64.2 cm³/mol. The summed E-state index contributed by atoms with van der Waals surface area (Å²) in [5.74, 6) is 0. The summed E-state index contributed by atoms with van der Waals surface area (Å²) in [5, 5.41) is 13.4. The van der Waals surface area contributed by atoms with E-state index in [2.05, 4.69) is 10.1 Å². The lowest BCUT2D eigenvalue weighted by atomic mass is 9.72. The summed E-state index contributed by atoms with van der Waals surface area (Å²) in [7, 11) is 1.32. The molecular formula is C12H14N2O4. The van der Waals surface area contributed by atoms with Crippen LogP contribution < -0.4 is 5.32 Å². The minimum atomic E-state index is -0.479. The molecule has 96 valence electrons. The number of rotatable bonds is 3. The number of nitro benzene ring substituents is 1. The molecule has 0 aromatic heterocycles. The minimum Gasteiger partial charge on any atom is -0.453 e. The zero-order valence-corrected chi connectivity index (χ0v) is 10.0. The van der Waals surface area contributed by atoms with Crippen LogP contribution in [-0.2, 0) is 10.3 Å². The highest BCUT2D eigenvalue weighted by molar-refractivity contribution is 5.68. The van der Waals surface area contributed by atoms with Crippen molar-refractivity contribution >= 4 is 11.8 Å². The molecule has 0 saturated heterocycles. The third-order valence-electron chi connectivity index (χ3n) is 3.36. The first-order valence-corrected chi connectivity index (χ1v) is 5.68. The predicted octanol–water partition coefficient (Wildman–Crippen LogP) is 2.33. The Labute approximate surface area is 104 Å². The van der Waals surface area contributed by atoms with Crippen LogP contribution in [0.5, 0.6) is 0 Å². The molecule has 0 spiro atoms. The maximum absolute atomic E-state index is 11.3. The van der Waals surface area contributed by atoms with Crippen LogP contribution in [0.25, 0.3) is 0 Å². The fourth-order valence-corrected chi connectivity index (χ4v) is 2.16. The summed E-state index contributed by atoms with van der Waals surface area (Å²) < 4.78 is 4.61. The summed E-state index contributed by atoms with van der Waals surface area (Å²) in [6.45, 7) is 0. The van der Waals surface area contributed by atoms with Gasteiger partial charge in [0, 0.05) is 12.1 Å². The molecule has 1 aromatic rings. The second-order valence-corrected chi connectivity index (χ2v) is 4.36. The van der Waals surface area contributed by atoms with Gasteiger partial charge in [-0.15, -0.1) is 0 Å². The van der Waals surface area contributed by atoms with Crippen LogP contribution in [0.15, 0.2) is 24.3 Å². The van der Waals surface area contributed by atoms with Gasteiger partial charge in [0.2, 0.25) is 0 Å². The molecule has 1 saturated carbocycles. The number of ether oxygens (including phenoxy) is 1. The Kier molecular flexibility index (Phi) is 3.18. The number of benzene rings is 1. The third-order valence-corrected chi connectivity index (χ3v) is 3.36. The lowest BCUT2D eigenvalue weighted by molar-refractivity contribution is -0.384. The number of hydrogen-bond acceptors (Lipinski definition) is 4. The van der Waals surface area contributed by atoms with Crippen molar-refractivity contribution in [3.8, 4) is 0 Å². The Morgan fingerprint density at radius 3 is 2.39 bits per heavy atom. The van der Waals surface area contributed by atoms with Crippen molar-refractivity contribution in [2.24, 2.45) is 0 Å². The highest BCUT2D eigenvalue weighted by Gasteiger charge is 2.40. The van der Waals surface area contributed by atoms with Gasteiger partial charge in [-0.1, -0.05) is 0 Å². The average molecular weight is 250 g/mol. The Morgan fingerprint density at radius 2 is 2.00 bits per heavy atom. The maximum atomic E-state index is 11.3. The van der Waals surface area contributed by atoms with E-state index in [0.717, 1.165) is 24.8 Å². The topological polar surface area (TPSA) is 81.5 Å².